The van der Waals surface area contributed by atoms with Crippen molar-refractivity contribution in [3.8, 4) is 11.5 Å². The van der Waals surface area contributed by atoms with Crippen molar-refractivity contribution < 1.29 is 33.7 Å². The van der Waals surface area contributed by atoms with E-state index >= 15 is 0 Å². The Morgan fingerprint density at radius 3 is 2.27 bits per heavy atom. The van der Waals surface area contributed by atoms with E-state index < -0.39 is 11.8 Å². The maximum atomic E-state index is 12.7. The Labute approximate surface area is 260 Å². The fourth-order valence-electron chi connectivity index (χ4n) is 4.22. The smallest absolute Gasteiger partial charge is 0.410 e. The molecule has 11 nitrogen and oxygen atoms in total. The maximum absolute atomic E-state index is 12.7. The highest BCUT2D eigenvalue weighted by Gasteiger charge is 2.27. The molecular weight excluding hydrogens is 564 g/mol. The van der Waals surface area contributed by atoms with Crippen LogP contribution in [0.5, 0.6) is 11.5 Å². The number of carbonyl (C=O) groups is 3. The quantitative estimate of drug-likeness (QED) is 0.198. The van der Waals surface area contributed by atoms with Gasteiger partial charge in [-0.2, -0.15) is 0 Å². The molecule has 0 aromatic heterocycles. The van der Waals surface area contributed by atoms with Gasteiger partial charge in [-0.3, -0.25) is 14.9 Å². The summed E-state index contributed by atoms with van der Waals surface area (Å²) in [7, 11) is 0. The number of aliphatic hydroxyl groups excluding tert-OH is 1. The molecule has 0 spiro atoms. The normalized spacial score (nSPS) is 16.0. The number of nitrogens with one attached hydrogen (secondary N) is 2. The Morgan fingerprint density at radius 2 is 1.61 bits per heavy atom. The van der Waals surface area contributed by atoms with Crippen LogP contribution in [0.1, 0.15) is 41.5 Å². The summed E-state index contributed by atoms with van der Waals surface area (Å²) < 4.78 is 16.8. The van der Waals surface area contributed by atoms with Gasteiger partial charge in [-0.1, -0.05) is 32.9 Å². The van der Waals surface area contributed by atoms with Gasteiger partial charge in [0.1, 0.15) is 29.9 Å². The molecule has 44 heavy (non-hydrogen) atoms. The summed E-state index contributed by atoms with van der Waals surface area (Å²) in [5.41, 5.74) is 3.94. The minimum absolute atomic E-state index is 0.0248. The topological polar surface area (TPSA) is 130 Å². The van der Waals surface area contributed by atoms with E-state index in [1.165, 1.54) is 0 Å². The molecule has 1 aromatic carbocycles. The average molecular weight is 611 g/mol. The predicted octanol–water partition coefficient (Wildman–Crippen LogP) is 3.17. The van der Waals surface area contributed by atoms with Gasteiger partial charge in [0.05, 0.1) is 6.54 Å². The lowest BCUT2D eigenvalue weighted by molar-refractivity contribution is -0.135. The highest BCUT2D eigenvalue weighted by atomic mass is 16.6. The summed E-state index contributed by atoms with van der Waals surface area (Å²) >= 11 is 0. The van der Waals surface area contributed by atoms with Crippen LogP contribution in [0.2, 0.25) is 0 Å². The molecule has 1 aromatic rings. The largest absolute Gasteiger partial charge is 0.492 e. The van der Waals surface area contributed by atoms with Gasteiger partial charge in [-0.25, -0.2) is 4.79 Å². The van der Waals surface area contributed by atoms with Crippen LogP contribution in [-0.2, 0) is 14.3 Å². The monoisotopic (exact) mass is 610 g/mol. The number of carbonyl (C=O) groups excluding carboxylic acids is 3. The summed E-state index contributed by atoms with van der Waals surface area (Å²) in [5.74, 6) is 0.570. The molecule has 0 radical (unpaired) electrons. The van der Waals surface area contributed by atoms with Crippen LogP contribution in [0, 0.1) is 5.41 Å². The first kappa shape index (κ1) is 34.4. The molecule has 1 aliphatic heterocycles. The zero-order valence-electron chi connectivity index (χ0n) is 26.6. The summed E-state index contributed by atoms with van der Waals surface area (Å²) in [6.45, 7) is 13.9. The van der Waals surface area contributed by atoms with Gasteiger partial charge in [0, 0.05) is 44.4 Å². The van der Waals surface area contributed by atoms with Gasteiger partial charge in [0.25, 0.3) is 11.8 Å². The lowest BCUT2D eigenvalue weighted by Gasteiger charge is -2.35. The first-order chi connectivity index (χ1) is 20.7. The molecule has 240 valence electrons. The minimum atomic E-state index is -0.958. The van der Waals surface area contributed by atoms with Crippen molar-refractivity contribution in [2.45, 2.75) is 53.4 Å². The Kier molecular flexibility index (Phi) is 12.2. The second-order valence-corrected chi connectivity index (χ2v) is 12.6. The molecular formula is C33H46N4O7. The van der Waals surface area contributed by atoms with Crippen LogP contribution < -0.4 is 20.1 Å². The van der Waals surface area contributed by atoms with Crippen molar-refractivity contribution in [2.75, 3.05) is 52.5 Å². The number of hydrogen-bond donors (Lipinski definition) is 3. The van der Waals surface area contributed by atoms with Crippen LogP contribution in [0.25, 0.3) is 0 Å². The number of benzene rings is 1. The molecule has 0 bridgehead atoms. The molecule has 3 N–H and O–H groups in total. The van der Waals surface area contributed by atoms with Crippen molar-refractivity contribution in [3.05, 3.63) is 65.4 Å². The van der Waals surface area contributed by atoms with Crippen molar-refractivity contribution in [3.63, 3.8) is 0 Å². The van der Waals surface area contributed by atoms with Gasteiger partial charge < -0.3 is 34.4 Å². The van der Waals surface area contributed by atoms with Gasteiger partial charge in [0.15, 0.2) is 6.61 Å². The Morgan fingerprint density at radius 1 is 0.955 bits per heavy atom. The third-order valence-electron chi connectivity index (χ3n) is 6.71. The number of hydrogen-bond acceptors (Lipinski definition) is 8. The molecule has 2 aliphatic rings. The number of rotatable bonds is 11. The molecule has 1 saturated heterocycles. The van der Waals surface area contributed by atoms with Crippen molar-refractivity contribution in [1.82, 2.24) is 20.4 Å². The summed E-state index contributed by atoms with van der Waals surface area (Å²) in [5, 5.41) is 15.8. The number of allylic oxidation sites excluding steroid dienone is 3. The fourth-order valence-corrected chi connectivity index (χ4v) is 4.22. The zero-order valence-corrected chi connectivity index (χ0v) is 26.6. The maximum Gasteiger partial charge on any atom is 0.410 e. The minimum Gasteiger partial charge on any atom is -0.492 e. The lowest BCUT2D eigenvalue weighted by Crippen LogP contribution is -2.52. The first-order valence-corrected chi connectivity index (χ1v) is 14.9. The summed E-state index contributed by atoms with van der Waals surface area (Å²) in [6.07, 6.45) is 5.82. The molecule has 1 unspecified atom stereocenters. The SMILES string of the molecule is CC(C)(C)OC(=O)N1CCN(C(=O)COc2cccc(OCCNC(O)CNC(=O)C3=CC=C(C(C)(C)C)C=C=C3)c2)CC1. The number of ether oxygens (including phenoxy) is 3. The second kappa shape index (κ2) is 15.6. The predicted molar refractivity (Wildman–Crippen MR) is 167 cm³/mol. The fraction of sp³-hybridized carbons (Fsp3) is 0.515. The molecule has 1 heterocycles. The molecule has 3 amide bonds. The summed E-state index contributed by atoms with van der Waals surface area (Å²) in [6, 6.07) is 6.95. The number of amides is 3. The van der Waals surface area contributed by atoms with Crippen LogP contribution in [0.3, 0.4) is 0 Å². The number of nitrogens with zero attached hydrogens (tertiary/aromatic N) is 2. The van der Waals surface area contributed by atoms with E-state index in [1.807, 2.05) is 32.9 Å². The molecule has 1 atom stereocenters. The van der Waals surface area contributed by atoms with Crippen LogP contribution in [-0.4, -0.2) is 97.1 Å². The standard InChI is InChI=1S/C33H46N4O7/c1-32(2,3)25-10-7-9-24(13-14-25)30(40)35-22-28(38)34-15-20-42-26-11-8-12-27(21-26)43-23-29(39)36-16-18-37(19-17-36)31(41)44-33(4,5)6/h8-14,21,28,34,38H,15-20,22-23H2,1-6H3,(H,35,40). The third-order valence-corrected chi connectivity index (χ3v) is 6.71. The zero-order chi connectivity index (χ0) is 32.3. The Bertz CT molecular complexity index is 1290. The second-order valence-electron chi connectivity index (χ2n) is 12.6. The van der Waals surface area contributed by atoms with E-state index in [4.69, 9.17) is 14.2 Å². The van der Waals surface area contributed by atoms with E-state index in [0.29, 0.717) is 49.8 Å². The van der Waals surface area contributed by atoms with E-state index in [9.17, 15) is 19.5 Å². The number of piperazine rings is 1. The molecule has 11 heteroatoms. The highest BCUT2D eigenvalue weighted by Crippen LogP contribution is 2.27. The molecule has 0 saturated carbocycles. The first-order valence-electron chi connectivity index (χ1n) is 14.9. The van der Waals surface area contributed by atoms with Crippen LogP contribution in [0.15, 0.2) is 65.4 Å². The van der Waals surface area contributed by atoms with E-state index in [0.717, 1.165) is 5.57 Å². The van der Waals surface area contributed by atoms with Crippen LogP contribution in [0.4, 0.5) is 4.79 Å². The van der Waals surface area contributed by atoms with Gasteiger partial charge >= 0.3 is 6.09 Å². The summed E-state index contributed by atoms with van der Waals surface area (Å²) in [4.78, 5) is 40.7. The molecule has 1 aliphatic carbocycles. The Balaban J connectivity index is 1.33. The highest BCUT2D eigenvalue weighted by molar-refractivity contribution is 5.96. The van der Waals surface area contributed by atoms with Crippen molar-refractivity contribution in [1.29, 1.82) is 0 Å². The van der Waals surface area contributed by atoms with E-state index in [-0.39, 0.29) is 43.1 Å². The molecule has 1 fully saturated rings. The average Bonchev–Trinajstić information content (AvgIpc) is 3.23. The lowest BCUT2D eigenvalue weighted by atomic mass is 9.86. The van der Waals surface area contributed by atoms with E-state index in [2.05, 4.69) is 37.1 Å². The van der Waals surface area contributed by atoms with E-state index in [1.54, 1.807) is 46.2 Å². The number of aliphatic hydroxyl groups is 1. The van der Waals surface area contributed by atoms with Gasteiger partial charge in [-0.05, 0) is 62.1 Å². The third kappa shape index (κ3) is 11.6. The Hall–Kier alpha value is -4.05. The van der Waals surface area contributed by atoms with Crippen LogP contribution >= 0.6 is 0 Å². The van der Waals surface area contributed by atoms with Gasteiger partial charge in [-0.15, -0.1) is 5.73 Å². The van der Waals surface area contributed by atoms with Crippen molar-refractivity contribution >= 4 is 17.9 Å². The van der Waals surface area contributed by atoms with Crippen molar-refractivity contribution in [2.24, 2.45) is 5.41 Å². The van der Waals surface area contributed by atoms with Gasteiger partial charge in [0.2, 0.25) is 0 Å². The molecule has 3 rings (SSSR count).